The Morgan fingerprint density at radius 3 is 2.08 bits per heavy atom. The summed E-state index contributed by atoms with van der Waals surface area (Å²) < 4.78 is 8.86. The van der Waals surface area contributed by atoms with E-state index in [0.29, 0.717) is 5.71 Å². The van der Waals surface area contributed by atoms with Crippen LogP contribution in [0.25, 0.3) is 55.5 Å². The first kappa shape index (κ1) is 25.2. The van der Waals surface area contributed by atoms with Crippen LogP contribution in [0.5, 0.6) is 0 Å². The van der Waals surface area contributed by atoms with Gasteiger partial charge in [0.2, 0.25) is 16.9 Å². The molecule has 0 radical (unpaired) electrons. The standard InChI is InChI=1S/C35H36N3O/c1-21-13-15-24-25-16-17-26(23-19-29(34(2,3)4)37-30(20-23)35(5,6)7)36-33(25)39-32(24)31(21)28-18-14-22-11-9-10-12-27(22)38(28)8/h9-20H,1-8H3/q+1. The predicted octanol–water partition coefficient (Wildman–Crippen LogP) is 8.59. The summed E-state index contributed by atoms with van der Waals surface area (Å²) >= 11 is 0. The van der Waals surface area contributed by atoms with Gasteiger partial charge in [0.05, 0.1) is 11.3 Å². The van der Waals surface area contributed by atoms with Crippen LogP contribution in [0, 0.1) is 6.92 Å². The Kier molecular flexibility index (Phi) is 5.65. The molecule has 4 nitrogen and oxygen atoms in total. The van der Waals surface area contributed by atoms with E-state index in [1.807, 2.05) is 0 Å². The molecular formula is C35H36N3O+. The van der Waals surface area contributed by atoms with Crippen LogP contribution in [-0.2, 0) is 17.9 Å². The Morgan fingerprint density at radius 2 is 1.38 bits per heavy atom. The molecule has 0 unspecified atom stereocenters. The molecule has 4 aromatic heterocycles. The zero-order valence-electron chi connectivity index (χ0n) is 24.2. The lowest BCUT2D eigenvalue weighted by atomic mass is 9.86. The molecule has 196 valence electrons. The minimum absolute atomic E-state index is 0.0682. The van der Waals surface area contributed by atoms with E-state index in [4.69, 9.17) is 14.4 Å². The number of para-hydroxylation sites is 1. The van der Waals surface area contributed by atoms with Crippen LogP contribution in [0.15, 0.2) is 77.2 Å². The lowest BCUT2D eigenvalue weighted by molar-refractivity contribution is -0.633. The van der Waals surface area contributed by atoms with Gasteiger partial charge in [0, 0.05) is 56.1 Å². The fourth-order valence-electron chi connectivity index (χ4n) is 5.34. The van der Waals surface area contributed by atoms with Gasteiger partial charge in [-0.15, -0.1) is 0 Å². The number of aryl methyl sites for hydroxylation is 2. The van der Waals surface area contributed by atoms with Crippen molar-refractivity contribution < 1.29 is 8.98 Å². The number of nitrogens with zero attached hydrogens (tertiary/aromatic N) is 3. The number of hydrogen-bond acceptors (Lipinski definition) is 3. The second-order valence-corrected chi connectivity index (χ2v) is 12.7. The van der Waals surface area contributed by atoms with Crippen molar-refractivity contribution in [1.29, 1.82) is 0 Å². The average Bonchev–Trinajstić information content (AvgIpc) is 3.26. The minimum Gasteiger partial charge on any atom is -0.437 e. The summed E-state index contributed by atoms with van der Waals surface area (Å²) in [5.74, 6) is 0. The van der Waals surface area contributed by atoms with Crippen LogP contribution >= 0.6 is 0 Å². The molecule has 0 amide bonds. The summed E-state index contributed by atoms with van der Waals surface area (Å²) in [6, 6.07) is 25.8. The van der Waals surface area contributed by atoms with Gasteiger partial charge in [-0.1, -0.05) is 65.8 Å². The fourth-order valence-corrected chi connectivity index (χ4v) is 5.34. The molecule has 0 saturated heterocycles. The Hall–Kier alpha value is -4.05. The van der Waals surface area contributed by atoms with E-state index in [0.717, 1.165) is 50.3 Å². The van der Waals surface area contributed by atoms with E-state index in [1.54, 1.807) is 0 Å². The van der Waals surface area contributed by atoms with Gasteiger partial charge in [-0.2, -0.15) is 4.57 Å². The van der Waals surface area contributed by atoms with Gasteiger partial charge in [0.15, 0.2) is 5.58 Å². The fraction of sp³-hybridized carbons (Fsp3) is 0.286. The second kappa shape index (κ2) is 8.74. The van der Waals surface area contributed by atoms with Gasteiger partial charge in [0.1, 0.15) is 7.05 Å². The molecule has 0 spiro atoms. The summed E-state index contributed by atoms with van der Waals surface area (Å²) in [5.41, 5.74) is 10.1. The quantitative estimate of drug-likeness (QED) is 0.217. The maximum atomic E-state index is 6.60. The van der Waals surface area contributed by atoms with Crippen LogP contribution < -0.4 is 4.57 Å². The second-order valence-electron chi connectivity index (χ2n) is 12.7. The Bertz CT molecular complexity index is 1870. The molecule has 0 bridgehead atoms. The molecule has 2 aromatic carbocycles. The first-order valence-electron chi connectivity index (χ1n) is 13.7. The highest BCUT2D eigenvalue weighted by atomic mass is 16.3. The normalized spacial score (nSPS) is 12.6. The monoisotopic (exact) mass is 514 g/mol. The first-order chi connectivity index (χ1) is 18.4. The van der Waals surface area contributed by atoms with Crippen LogP contribution in [0.4, 0.5) is 0 Å². The van der Waals surface area contributed by atoms with Crippen LogP contribution in [0.1, 0.15) is 58.5 Å². The molecule has 0 atom stereocenters. The van der Waals surface area contributed by atoms with Crippen molar-refractivity contribution >= 4 is 33.0 Å². The highest BCUT2D eigenvalue weighted by Crippen LogP contribution is 2.38. The van der Waals surface area contributed by atoms with Crippen molar-refractivity contribution in [3.05, 3.63) is 89.7 Å². The molecule has 4 heteroatoms. The maximum absolute atomic E-state index is 6.60. The van der Waals surface area contributed by atoms with E-state index < -0.39 is 0 Å². The summed E-state index contributed by atoms with van der Waals surface area (Å²) in [7, 11) is 2.12. The Balaban J connectivity index is 1.57. The highest BCUT2D eigenvalue weighted by Gasteiger charge is 2.25. The van der Waals surface area contributed by atoms with Crippen molar-refractivity contribution in [2.75, 3.05) is 0 Å². The van der Waals surface area contributed by atoms with Gasteiger partial charge >= 0.3 is 0 Å². The van der Waals surface area contributed by atoms with Crippen molar-refractivity contribution in [1.82, 2.24) is 9.97 Å². The smallest absolute Gasteiger partial charge is 0.227 e. The van der Waals surface area contributed by atoms with Crippen molar-refractivity contribution in [3.8, 4) is 22.5 Å². The molecule has 0 fully saturated rings. The minimum atomic E-state index is -0.0682. The van der Waals surface area contributed by atoms with Crippen molar-refractivity contribution in [2.45, 2.75) is 59.3 Å². The van der Waals surface area contributed by atoms with E-state index in [2.05, 4.69) is 133 Å². The van der Waals surface area contributed by atoms with Gasteiger partial charge < -0.3 is 4.42 Å². The lowest BCUT2D eigenvalue weighted by Gasteiger charge is -2.24. The van der Waals surface area contributed by atoms with E-state index in [1.165, 1.54) is 16.5 Å². The molecule has 0 aliphatic carbocycles. The third-order valence-electron chi connectivity index (χ3n) is 7.71. The highest BCUT2D eigenvalue weighted by molar-refractivity contribution is 6.09. The summed E-state index contributed by atoms with van der Waals surface area (Å²) in [4.78, 5) is 10.1. The van der Waals surface area contributed by atoms with Crippen molar-refractivity contribution in [3.63, 3.8) is 0 Å². The first-order valence-corrected chi connectivity index (χ1v) is 13.7. The molecule has 4 heterocycles. The molecule has 0 aliphatic heterocycles. The topological polar surface area (TPSA) is 42.8 Å². The third-order valence-corrected chi connectivity index (χ3v) is 7.71. The molecular weight excluding hydrogens is 478 g/mol. The molecule has 6 aromatic rings. The van der Waals surface area contributed by atoms with Crippen LogP contribution in [0.2, 0.25) is 0 Å². The Labute approximate surface area is 230 Å². The number of aromatic nitrogens is 3. The molecule has 6 rings (SSSR count). The maximum Gasteiger partial charge on any atom is 0.227 e. The average molecular weight is 515 g/mol. The Morgan fingerprint density at radius 1 is 0.718 bits per heavy atom. The van der Waals surface area contributed by atoms with Crippen LogP contribution in [0.3, 0.4) is 0 Å². The summed E-state index contributed by atoms with van der Waals surface area (Å²) in [6.07, 6.45) is 0. The lowest BCUT2D eigenvalue weighted by Crippen LogP contribution is -2.32. The van der Waals surface area contributed by atoms with Crippen LogP contribution in [-0.4, -0.2) is 9.97 Å². The number of benzene rings is 2. The van der Waals surface area contributed by atoms with Gasteiger partial charge in [-0.25, -0.2) is 4.98 Å². The number of hydrogen-bond donors (Lipinski definition) is 0. The molecule has 39 heavy (non-hydrogen) atoms. The van der Waals surface area contributed by atoms with Crippen molar-refractivity contribution in [2.24, 2.45) is 7.05 Å². The van der Waals surface area contributed by atoms with Gasteiger partial charge in [-0.05, 0) is 48.9 Å². The zero-order valence-corrected chi connectivity index (χ0v) is 24.2. The molecule has 0 N–H and O–H groups in total. The number of pyridine rings is 3. The molecule has 0 aliphatic rings. The summed E-state index contributed by atoms with van der Waals surface area (Å²) in [6.45, 7) is 15.4. The number of fused-ring (bicyclic) bond motifs is 4. The largest absolute Gasteiger partial charge is 0.437 e. The molecule has 0 saturated carbocycles. The number of rotatable bonds is 2. The van der Waals surface area contributed by atoms with Gasteiger partial charge in [0.25, 0.3) is 0 Å². The predicted molar refractivity (Wildman–Crippen MR) is 161 cm³/mol. The zero-order chi connectivity index (χ0) is 27.7. The van der Waals surface area contributed by atoms with E-state index >= 15 is 0 Å². The number of furan rings is 1. The SMILES string of the molecule is Cc1ccc2c(oc3nc(-c4cc(C(C)(C)C)nc(C(C)(C)C)c4)ccc32)c1-c1ccc2ccccc2[n+]1C. The summed E-state index contributed by atoms with van der Waals surface area (Å²) in [5, 5.41) is 3.32. The third kappa shape index (κ3) is 4.28. The van der Waals surface area contributed by atoms with E-state index in [9.17, 15) is 0 Å². The van der Waals surface area contributed by atoms with Gasteiger partial charge in [-0.3, -0.25) is 4.98 Å². The van der Waals surface area contributed by atoms with E-state index in [-0.39, 0.29) is 10.8 Å².